The first-order valence-electron chi connectivity index (χ1n) is 9.55. The molecule has 2 fully saturated rings. The summed E-state index contributed by atoms with van der Waals surface area (Å²) in [6, 6.07) is 6.83. The predicted octanol–water partition coefficient (Wildman–Crippen LogP) is 2.56. The highest BCUT2D eigenvalue weighted by molar-refractivity contribution is 5.81. The first-order valence-corrected chi connectivity index (χ1v) is 9.55. The van der Waals surface area contributed by atoms with Gasteiger partial charge in [0.2, 0.25) is 5.91 Å². The van der Waals surface area contributed by atoms with Gasteiger partial charge in [0.15, 0.2) is 0 Å². The molecule has 3 rings (SSSR count). The van der Waals surface area contributed by atoms with Crippen molar-refractivity contribution in [2.24, 2.45) is 0 Å². The Morgan fingerprint density at radius 1 is 1.00 bits per heavy atom. The largest absolute Gasteiger partial charge is 0.341 e. The SMILES string of the molecule is C[C@H](C(=O)N1CCCC1)N1CCN(C[C@H](C)c2ccc(F)cc2)CC1. The maximum atomic E-state index is 13.1. The Bertz CT molecular complexity index is 563. The third kappa shape index (κ3) is 4.59. The minimum absolute atomic E-state index is 0.00484. The van der Waals surface area contributed by atoms with Gasteiger partial charge in [-0.05, 0) is 43.4 Å². The highest BCUT2D eigenvalue weighted by atomic mass is 19.1. The van der Waals surface area contributed by atoms with Gasteiger partial charge < -0.3 is 9.80 Å². The van der Waals surface area contributed by atoms with Gasteiger partial charge in [0.25, 0.3) is 0 Å². The van der Waals surface area contributed by atoms with Crippen molar-refractivity contribution < 1.29 is 9.18 Å². The van der Waals surface area contributed by atoms with Gasteiger partial charge in [-0.3, -0.25) is 9.69 Å². The zero-order valence-electron chi connectivity index (χ0n) is 15.5. The van der Waals surface area contributed by atoms with E-state index in [0.717, 1.165) is 58.7 Å². The molecule has 0 bridgehead atoms. The fourth-order valence-electron chi connectivity index (χ4n) is 3.98. The zero-order valence-corrected chi connectivity index (χ0v) is 15.5. The number of carbonyl (C=O) groups is 1. The molecule has 25 heavy (non-hydrogen) atoms. The maximum absolute atomic E-state index is 13.1. The minimum Gasteiger partial charge on any atom is -0.341 e. The van der Waals surface area contributed by atoms with E-state index in [2.05, 4.69) is 23.6 Å². The van der Waals surface area contributed by atoms with Gasteiger partial charge in [-0.2, -0.15) is 0 Å². The summed E-state index contributed by atoms with van der Waals surface area (Å²) in [7, 11) is 0. The fourth-order valence-corrected chi connectivity index (χ4v) is 3.98. The van der Waals surface area contributed by atoms with Gasteiger partial charge in [-0.25, -0.2) is 4.39 Å². The summed E-state index contributed by atoms with van der Waals surface area (Å²) in [6.45, 7) is 10.9. The molecule has 0 aliphatic carbocycles. The molecular formula is C20H30FN3O. The molecule has 2 saturated heterocycles. The van der Waals surface area contributed by atoms with Crippen LogP contribution in [0.5, 0.6) is 0 Å². The quantitative estimate of drug-likeness (QED) is 0.819. The zero-order chi connectivity index (χ0) is 17.8. The third-order valence-corrected chi connectivity index (χ3v) is 5.70. The number of benzene rings is 1. The summed E-state index contributed by atoms with van der Waals surface area (Å²) in [4.78, 5) is 19.4. The van der Waals surface area contributed by atoms with E-state index in [9.17, 15) is 9.18 Å². The maximum Gasteiger partial charge on any atom is 0.239 e. The van der Waals surface area contributed by atoms with Crippen LogP contribution >= 0.6 is 0 Å². The van der Waals surface area contributed by atoms with Crippen molar-refractivity contribution in [1.82, 2.24) is 14.7 Å². The molecule has 1 aromatic carbocycles. The van der Waals surface area contributed by atoms with Crippen LogP contribution in [0, 0.1) is 5.82 Å². The second-order valence-electron chi connectivity index (χ2n) is 7.50. The second-order valence-corrected chi connectivity index (χ2v) is 7.50. The predicted molar refractivity (Wildman–Crippen MR) is 98.1 cm³/mol. The average Bonchev–Trinajstić information content (AvgIpc) is 3.16. The Balaban J connectivity index is 1.46. The van der Waals surface area contributed by atoms with Gasteiger partial charge >= 0.3 is 0 Å². The number of hydrogen-bond donors (Lipinski definition) is 0. The Morgan fingerprint density at radius 3 is 2.20 bits per heavy atom. The third-order valence-electron chi connectivity index (χ3n) is 5.70. The van der Waals surface area contributed by atoms with Crippen LogP contribution in [0.3, 0.4) is 0 Å². The smallest absolute Gasteiger partial charge is 0.239 e. The molecule has 2 aliphatic heterocycles. The Hall–Kier alpha value is -1.46. The number of likely N-dealkylation sites (tertiary alicyclic amines) is 1. The number of piperazine rings is 1. The van der Waals surface area contributed by atoms with Crippen molar-refractivity contribution in [1.29, 1.82) is 0 Å². The molecule has 0 aromatic heterocycles. The first kappa shape index (κ1) is 18.3. The highest BCUT2D eigenvalue weighted by Gasteiger charge is 2.30. The van der Waals surface area contributed by atoms with Crippen LogP contribution < -0.4 is 0 Å². The number of halogens is 1. The van der Waals surface area contributed by atoms with Gasteiger partial charge in [-0.15, -0.1) is 0 Å². The molecule has 0 N–H and O–H groups in total. The molecule has 1 aromatic rings. The lowest BCUT2D eigenvalue weighted by atomic mass is 10.0. The van der Waals surface area contributed by atoms with Crippen LogP contribution in [0.15, 0.2) is 24.3 Å². The van der Waals surface area contributed by atoms with Crippen molar-refractivity contribution in [3.8, 4) is 0 Å². The van der Waals surface area contributed by atoms with Crippen LogP contribution in [0.1, 0.15) is 38.2 Å². The summed E-state index contributed by atoms with van der Waals surface area (Å²) in [6.07, 6.45) is 2.29. The number of amides is 1. The van der Waals surface area contributed by atoms with Crippen LogP contribution in [0.25, 0.3) is 0 Å². The summed E-state index contributed by atoms with van der Waals surface area (Å²) >= 11 is 0. The molecule has 0 saturated carbocycles. The van der Waals surface area contributed by atoms with E-state index in [1.165, 1.54) is 17.7 Å². The molecule has 2 atom stereocenters. The summed E-state index contributed by atoms with van der Waals surface area (Å²) in [5, 5.41) is 0. The molecule has 138 valence electrons. The molecule has 0 unspecified atom stereocenters. The standard InChI is InChI=1S/C20H30FN3O/c1-16(18-5-7-19(21)8-6-18)15-22-11-13-23(14-12-22)17(2)20(25)24-9-3-4-10-24/h5-8,16-17H,3-4,9-15H2,1-2H3/t16-,17+/m0/s1. The van der Waals surface area contributed by atoms with Crippen molar-refractivity contribution in [2.45, 2.75) is 38.6 Å². The monoisotopic (exact) mass is 347 g/mol. The summed E-state index contributed by atoms with van der Waals surface area (Å²) < 4.78 is 13.1. The fraction of sp³-hybridized carbons (Fsp3) is 0.650. The number of hydrogen-bond acceptors (Lipinski definition) is 3. The first-order chi connectivity index (χ1) is 12.0. The van der Waals surface area contributed by atoms with E-state index >= 15 is 0 Å². The molecular weight excluding hydrogens is 317 g/mol. The molecule has 2 aliphatic rings. The van der Waals surface area contributed by atoms with Crippen molar-refractivity contribution in [3.63, 3.8) is 0 Å². The lowest BCUT2D eigenvalue weighted by Gasteiger charge is -2.39. The van der Waals surface area contributed by atoms with Gasteiger partial charge in [0.05, 0.1) is 6.04 Å². The van der Waals surface area contributed by atoms with Crippen LogP contribution in [0.4, 0.5) is 4.39 Å². The van der Waals surface area contributed by atoms with E-state index < -0.39 is 0 Å². The van der Waals surface area contributed by atoms with E-state index in [4.69, 9.17) is 0 Å². The van der Waals surface area contributed by atoms with Gasteiger partial charge in [0.1, 0.15) is 5.82 Å². The van der Waals surface area contributed by atoms with Crippen LogP contribution in [-0.4, -0.2) is 72.5 Å². The average molecular weight is 347 g/mol. The lowest BCUT2D eigenvalue weighted by Crippen LogP contribution is -2.54. The minimum atomic E-state index is -0.179. The molecule has 4 nitrogen and oxygen atoms in total. The van der Waals surface area contributed by atoms with E-state index in [-0.39, 0.29) is 11.9 Å². The highest BCUT2D eigenvalue weighted by Crippen LogP contribution is 2.19. The van der Waals surface area contributed by atoms with Crippen molar-refractivity contribution in [2.75, 3.05) is 45.8 Å². The molecule has 0 spiro atoms. The topological polar surface area (TPSA) is 26.8 Å². The summed E-state index contributed by atoms with van der Waals surface area (Å²) in [5.74, 6) is 0.502. The van der Waals surface area contributed by atoms with Crippen molar-refractivity contribution >= 4 is 5.91 Å². The summed E-state index contributed by atoms with van der Waals surface area (Å²) in [5.41, 5.74) is 1.18. The number of rotatable bonds is 5. The molecule has 2 heterocycles. The lowest BCUT2D eigenvalue weighted by molar-refractivity contribution is -0.136. The van der Waals surface area contributed by atoms with Crippen LogP contribution in [-0.2, 0) is 4.79 Å². The number of carbonyl (C=O) groups excluding carboxylic acids is 1. The Kier molecular flexibility index (Phi) is 6.07. The van der Waals surface area contributed by atoms with E-state index in [1.807, 2.05) is 17.0 Å². The van der Waals surface area contributed by atoms with E-state index in [1.54, 1.807) is 0 Å². The molecule has 0 radical (unpaired) electrons. The molecule has 1 amide bonds. The van der Waals surface area contributed by atoms with Crippen molar-refractivity contribution in [3.05, 3.63) is 35.6 Å². The second kappa shape index (κ2) is 8.28. The van der Waals surface area contributed by atoms with E-state index in [0.29, 0.717) is 11.8 Å². The normalized spacial score (nSPS) is 22.1. The number of nitrogens with zero attached hydrogens (tertiary/aromatic N) is 3. The van der Waals surface area contributed by atoms with Gasteiger partial charge in [-0.1, -0.05) is 19.1 Å². The Morgan fingerprint density at radius 2 is 1.60 bits per heavy atom. The Labute approximate surface area is 150 Å². The van der Waals surface area contributed by atoms with Crippen LogP contribution in [0.2, 0.25) is 0 Å². The van der Waals surface area contributed by atoms with Gasteiger partial charge in [0, 0.05) is 45.8 Å². The molecule has 5 heteroatoms.